The number of carboxylic acid groups (broad SMARTS) is 1. The number of nitrogens with one attached hydrogen (secondary N) is 2. The quantitative estimate of drug-likeness (QED) is 0.679. The first-order valence-corrected chi connectivity index (χ1v) is 4.52. The number of carbonyl (C=O) groups is 2. The lowest BCUT2D eigenvalue weighted by molar-refractivity contribution is 0.0692. The standard InChI is InChI=1S/C10H12N2O4/c1-3-4-16-10(15)12-7-5-6(2)11-8(7)9(13)14/h3,5,11H,1,4H2,2H3,(H,12,15)(H,13,14). The van der Waals surface area contributed by atoms with Gasteiger partial charge in [-0.3, -0.25) is 5.32 Å². The second kappa shape index (κ2) is 5.01. The summed E-state index contributed by atoms with van der Waals surface area (Å²) in [6.45, 7) is 5.14. The molecule has 0 radical (unpaired) electrons. The number of carboxylic acids is 1. The largest absolute Gasteiger partial charge is 0.477 e. The average Bonchev–Trinajstić information content (AvgIpc) is 2.56. The first-order chi connectivity index (χ1) is 7.54. The maximum absolute atomic E-state index is 11.2. The molecule has 0 unspecified atom stereocenters. The number of aromatic nitrogens is 1. The molecule has 0 aliphatic rings. The smallest absolute Gasteiger partial charge is 0.412 e. The van der Waals surface area contributed by atoms with Crippen molar-refractivity contribution in [1.82, 2.24) is 4.98 Å². The van der Waals surface area contributed by atoms with Crippen molar-refractivity contribution in [3.05, 3.63) is 30.1 Å². The van der Waals surface area contributed by atoms with Crippen molar-refractivity contribution < 1.29 is 19.4 Å². The number of anilines is 1. The Morgan fingerprint density at radius 1 is 1.69 bits per heavy atom. The molecule has 0 spiro atoms. The fourth-order valence-corrected chi connectivity index (χ4v) is 1.14. The van der Waals surface area contributed by atoms with Crippen molar-refractivity contribution in [2.75, 3.05) is 11.9 Å². The molecule has 16 heavy (non-hydrogen) atoms. The molecule has 0 aliphatic carbocycles. The summed E-state index contributed by atoms with van der Waals surface area (Å²) < 4.78 is 4.66. The number of H-pyrrole nitrogens is 1. The molecule has 1 aromatic rings. The number of hydrogen-bond donors (Lipinski definition) is 3. The van der Waals surface area contributed by atoms with Gasteiger partial charge in [-0.2, -0.15) is 0 Å². The highest BCUT2D eigenvalue weighted by Crippen LogP contribution is 2.16. The zero-order valence-electron chi connectivity index (χ0n) is 8.74. The summed E-state index contributed by atoms with van der Waals surface area (Å²) in [5, 5.41) is 11.2. The third-order valence-electron chi connectivity index (χ3n) is 1.74. The summed E-state index contributed by atoms with van der Waals surface area (Å²) in [6.07, 6.45) is 0.696. The molecule has 1 heterocycles. The van der Waals surface area contributed by atoms with Crippen molar-refractivity contribution in [2.24, 2.45) is 0 Å². The van der Waals surface area contributed by atoms with E-state index >= 15 is 0 Å². The molecule has 1 aromatic heterocycles. The molecule has 0 atom stereocenters. The van der Waals surface area contributed by atoms with Crippen LogP contribution in [0.25, 0.3) is 0 Å². The van der Waals surface area contributed by atoms with E-state index in [1.807, 2.05) is 0 Å². The van der Waals surface area contributed by atoms with Crippen LogP contribution in [0.3, 0.4) is 0 Å². The van der Waals surface area contributed by atoms with Crippen LogP contribution in [0, 0.1) is 6.92 Å². The fourth-order valence-electron chi connectivity index (χ4n) is 1.14. The summed E-state index contributed by atoms with van der Waals surface area (Å²) >= 11 is 0. The van der Waals surface area contributed by atoms with Crippen molar-refractivity contribution in [3.8, 4) is 0 Å². The van der Waals surface area contributed by atoms with Gasteiger partial charge in [0.2, 0.25) is 0 Å². The van der Waals surface area contributed by atoms with Gasteiger partial charge in [-0.25, -0.2) is 9.59 Å². The zero-order chi connectivity index (χ0) is 12.1. The predicted octanol–water partition coefficient (Wildman–Crippen LogP) is 1.76. The van der Waals surface area contributed by atoms with E-state index in [4.69, 9.17) is 5.11 Å². The molecule has 0 aromatic carbocycles. The lowest BCUT2D eigenvalue weighted by Gasteiger charge is -2.03. The molecule has 1 amide bonds. The summed E-state index contributed by atoms with van der Waals surface area (Å²) in [5.74, 6) is -1.15. The molecule has 3 N–H and O–H groups in total. The molecule has 0 saturated carbocycles. The minimum atomic E-state index is -1.15. The Labute approximate surface area is 91.9 Å². The number of ether oxygens (including phenoxy) is 1. The van der Waals surface area contributed by atoms with E-state index in [0.29, 0.717) is 5.69 Å². The SMILES string of the molecule is C=CCOC(=O)Nc1cc(C)[nH]c1C(=O)O. The Kier molecular flexibility index (Phi) is 3.71. The topological polar surface area (TPSA) is 91.4 Å². The highest BCUT2D eigenvalue weighted by atomic mass is 16.5. The van der Waals surface area contributed by atoms with E-state index < -0.39 is 12.1 Å². The molecular weight excluding hydrogens is 212 g/mol. The predicted molar refractivity (Wildman–Crippen MR) is 57.7 cm³/mol. The molecule has 6 heteroatoms. The van der Waals surface area contributed by atoms with E-state index in [0.717, 1.165) is 0 Å². The Morgan fingerprint density at radius 2 is 2.38 bits per heavy atom. The second-order valence-electron chi connectivity index (χ2n) is 3.06. The maximum atomic E-state index is 11.2. The van der Waals surface area contributed by atoms with Crippen LogP contribution in [0.2, 0.25) is 0 Å². The van der Waals surface area contributed by atoms with Gasteiger partial charge in [-0.1, -0.05) is 12.7 Å². The van der Waals surface area contributed by atoms with Gasteiger partial charge >= 0.3 is 12.1 Å². The molecule has 6 nitrogen and oxygen atoms in total. The molecule has 0 fully saturated rings. The monoisotopic (exact) mass is 224 g/mol. The Bertz CT molecular complexity index is 422. The lowest BCUT2D eigenvalue weighted by atomic mass is 10.3. The van der Waals surface area contributed by atoms with Crippen LogP contribution in [0.15, 0.2) is 18.7 Å². The van der Waals surface area contributed by atoms with E-state index in [-0.39, 0.29) is 18.0 Å². The highest BCUT2D eigenvalue weighted by Gasteiger charge is 2.15. The first-order valence-electron chi connectivity index (χ1n) is 4.52. The minimum Gasteiger partial charge on any atom is -0.477 e. The number of aromatic amines is 1. The minimum absolute atomic E-state index is 0.0671. The van der Waals surface area contributed by atoms with Crippen LogP contribution >= 0.6 is 0 Å². The fraction of sp³-hybridized carbons (Fsp3) is 0.200. The third-order valence-corrected chi connectivity index (χ3v) is 1.74. The molecule has 0 bridgehead atoms. The highest BCUT2D eigenvalue weighted by molar-refractivity contribution is 5.97. The van der Waals surface area contributed by atoms with Crippen LogP contribution in [0.1, 0.15) is 16.2 Å². The van der Waals surface area contributed by atoms with Gasteiger partial charge in [0.15, 0.2) is 0 Å². The van der Waals surface area contributed by atoms with Gasteiger partial charge in [0.25, 0.3) is 0 Å². The number of amides is 1. The molecule has 86 valence electrons. The summed E-state index contributed by atoms with van der Waals surface area (Å²) in [6, 6.07) is 1.51. The van der Waals surface area contributed by atoms with Gasteiger partial charge in [0, 0.05) is 5.69 Å². The van der Waals surface area contributed by atoms with E-state index in [1.165, 1.54) is 12.1 Å². The Hall–Kier alpha value is -2.24. The molecule has 0 saturated heterocycles. The second-order valence-corrected chi connectivity index (χ2v) is 3.06. The van der Waals surface area contributed by atoms with Gasteiger partial charge < -0.3 is 14.8 Å². The third kappa shape index (κ3) is 2.88. The Balaban J connectivity index is 2.76. The van der Waals surface area contributed by atoms with Crippen molar-refractivity contribution >= 4 is 17.7 Å². The molecule has 0 aliphatic heterocycles. The van der Waals surface area contributed by atoms with Crippen LogP contribution in [-0.2, 0) is 4.74 Å². The van der Waals surface area contributed by atoms with Crippen molar-refractivity contribution in [1.29, 1.82) is 0 Å². The van der Waals surface area contributed by atoms with Crippen molar-refractivity contribution in [2.45, 2.75) is 6.92 Å². The summed E-state index contributed by atoms with van der Waals surface area (Å²) in [7, 11) is 0. The van der Waals surface area contributed by atoms with Crippen LogP contribution in [0.4, 0.5) is 10.5 Å². The first kappa shape index (κ1) is 11.8. The van der Waals surface area contributed by atoms with E-state index in [1.54, 1.807) is 6.92 Å². The number of hydrogen-bond acceptors (Lipinski definition) is 3. The molecular formula is C10H12N2O4. The van der Waals surface area contributed by atoms with Crippen LogP contribution in [-0.4, -0.2) is 28.8 Å². The zero-order valence-corrected chi connectivity index (χ0v) is 8.74. The van der Waals surface area contributed by atoms with Gasteiger partial charge in [-0.05, 0) is 13.0 Å². The van der Waals surface area contributed by atoms with Gasteiger partial charge in [-0.15, -0.1) is 0 Å². The van der Waals surface area contributed by atoms with Gasteiger partial charge in [0.05, 0.1) is 5.69 Å². The summed E-state index contributed by atoms with van der Waals surface area (Å²) in [4.78, 5) is 24.6. The Morgan fingerprint density at radius 3 is 2.94 bits per heavy atom. The number of aromatic carboxylic acids is 1. The van der Waals surface area contributed by atoms with Crippen LogP contribution < -0.4 is 5.32 Å². The number of rotatable bonds is 4. The summed E-state index contributed by atoms with van der Waals surface area (Å²) in [5.41, 5.74) is 0.739. The normalized spacial score (nSPS) is 9.56. The van der Waals surface area contributed by atoms with Crippen molar-refractivity contribution in [3.63, 3.8) is 0 Å². The number of aryl methyl sites for hydroxylation is 1. The maximum Gasteiger partial charge on any atom is 0.412 e. The van der Waals surface area contributed by atoms with Gasteiger partial charge in [0.1, 0.15) is 12.3 Å². The van der Waals surface area contributed by atoms with E-state index in [2.05, 4.69) is 21.6 Å². The molecule has 1 rings (SSSR count). The number of carbonyl (C=O) groups excluding carboxylic acids is 1. The lowest BCUT2D eigenvalue weighted by Crippen LogP contribution is -2.15. The van der Waals surface area contributed by atoms with E-state index in [9.17, 15) is 9.59 Å². The average molecular weight is 224 g/mol. The van der Waals surface area contributed by atoms with Crippen LogP contribution in [0.5, 0.6) is 0 Å².